The van der Waals surface area contributed by atoms with E-state index in [0.717, 1.165) is 23.5 Å². The second-order valence-electron chi connectivity index (χ2n) is 5.07. The zero-order valence-electron chi connectivity index (χ0n) is 12.0. The number of nitrogens with zero attached hydrogens (tertiary/aromatic N) is 2. The predicted octanol–water partition coefficient (Wildman–Crippen LogP) is 2.95. The van der Waals surface area contributed by atoms with Gasteiger partial charge in [-0.2, -0.15) is 0 Å². The van der Waals surface area contributed by atoms with Crippen molar-refractivity contribution < 1.29 is 4.79 Å². The molecule has 1 unspecified atom stereocenters. The van der Waals surface area contributed by atoms with E-state index in [-0.39, 0.29) is 17.8 Å². The van der Waals surface area contributed by atoms with Crippen LogP contribution in [0.25, 0.3) is 0 Å². The lowest BCUT2D eigenvalue weighted by Crippen LogP contribution is -2.32. The van der Waals surface area contributed by atoms with E-state index in [1.165, 1.54) is 0 Å². The third-order valence-corrected chi connectivity index (χ3v) is 3.98. The van der Waals surface area contributed by atoms with Crippen LogP contribution < -0.4 is 5.32 Å². The lowest BCUT2D eigenvalue weighted by Gasteiger charge is -2.20. The Bertz CT molecular complexity index is 547. The molecule has 0 fully saturated rings. The van der Waals surface area contributed by atoms with Gasteiger partial charge in [0.1, 0.15) is 5.82 Å². The smallest absolute Gasteiger partial charge is 0.291 e. The van der Waals surface area contributed by atoms with Gasteiger partial charge in [0.15, 0.2) is 0 Å². The molecule has 108 valence electrons. The normalized spacial score (nSPS) is 12.6. The fraction of sp³-hybridized carbons (Fsp3) is 0.500. The number of aromatic nitrogens is 3. The molecule has 0 aliphatic carbocycles. The summed E-state index contributed by atoms with van der Waals surface area (Å²) in [4.78, 5) is 17.6. The Morgan fingerprint density at radius 3 is 2.90 bits per heavy atom. The quantitative estimate of drug-likeness (QED) is 0.860. The van der Waals surface area contributed by atoms with Crippen LogP contribution in [0, 0.1) is 5.92 Å². The highest BCUT2D eigenvalue weighted by Crippen LogP contribution is 2.25. The van der Waals surface area contributed by atoms with Gasteiger partial charge < -0.3 is 5.32 Å². The molecule has 0 bridgehead atoms. The molecule has 2 aromatic rings. The first-order valence-electron chi connectivity index (χ1n) is 6.87. The maximum absolute atomic E-state index is 12.2. The van der Waals surface area contributed by atoms with Crippen LogP contribution in [0.5, 0.6) is 0 Å². The highest BCUT2D eigenvalue weighted by atomic mass is 32.1. The van der Waals surface area contributed by atoms with Crippen LogP contribution in [0.4, 0.5) is 0 Å². The SMILES string of the molecule is CCCc1nc(C(=O)NC(c2cccs2)C(C)C)n[nH]1. The Kier molecular flexibility index (Phi) is 4.89. The fourth-order valence-corrected chi connectivity index (χ4v) is 2.93. The molecule has 0 saturated heterocycles. The zero-order valence-corrected chi connectivity index (χ0v) is 12.8. The first-order valence-corrected chi connectivity index (χ1v) is 7.75. The van der Waals surface area contributed by atoms with Crippen molar-refractivity contribution in [2.75, 3.05) is 0 Å². The van der Waals surface area contributed by atoms with Crippen molar-refractivity contribution >= 4 is 17.2 Å². The van der Waals surface area contributed by atoms with Crippen LogP contribution >= 0.6 is 11.3 Å². The van der Waals surface area contributed by atoms with Crippen LogP contribution in [-0.2, 0) is 6.42 Å². The molecule has 1 amide bonds. The van der Waals surface area contributed by atoms with E-state index in [0.29, 0.717) is 5.92 Å². The van der Waals surface area contributed by atoms with Crippen LogP contribution in [0.2, 0.25) is 0 Å². The number of hydrogen-bond acceptors (Lipinski definition) is 4. The fourth-order valence-electron chi connectivity index (χ4n) is 1.99. The number of thiophene rings is 1. The number of nitrogens with one attached hydrogen (secondary N) is 2. The predicted molar refractivity (Wildman–Crippen MR) is 79.7 cm³/mol. The first-order chi connectivity index (χ1) is 9.61. The Morgan fingerprint density at radius 2 is 2.30 bits per heavy atom. The van der Waals surface area contributed by atoms with Gasteiger partial charge >= 0.3 is 0 Å². The van der Waals surface area contributed by atoms with E-state index in [1.807, 2.05) is 17.5 Å². The molecule has 1 atom stereocenters. The third kappa shape index (κ3) is 3.45. The van der Waals surface area contributed by atoms with Crippen LogP contribution in [0.15, 0.2) is 17.5 Å². The van der Waals surface area contributed by atoms with Crippen molar-refractivity contribution in [3.63, 3.8) is 0 Å². The van der Waals surface area contributed by atoms with E-state index < -0.39 is 0 Å². The molecule has 2 aromatic heterocycles. The summed E-state index contributed by atoms with van der Waals surface area (Å²) in [5.74, 6) is 1.06. The second kappa shape index (κ2) is 6.65. The minimum Gasteiger partial charge on any atom is -0.341 e. The average Bonchev–Trinajstić information content (AvgIpc) is 3.06. The molecule has 2 N–H and O–H groups in total. The molecule has 0 aliphatic heterocycles. The average molecular weight is 292 g/mol. The van der Waals surface area contributed by atoms with E-state index in [2.05, 4.69) is 41.3 Å². The van der Waals surface area contributed by atoms with E-state index in [1.54, 1.807) is 11.3 Å². The maximum atomic E-state index is 12.2. The van der Waals surface area contributed by atoms with Gasteiger partial charge in [-0.3, -0.25) is 9.89 Å². The molecule has 20 heavy (non-hydrogen) atoms. The largest absolute Gasteiger partial charge is 0.341 e. The molecule has 0 spiro atoms. The number of carbonyl (C=O) groups excluding carboxylic acids is 1. The van der Waals surface area contributed by atoms with Gasteiger partial charge in [-0.25, -0.2) is 4.98 Å². The summed E-state index contributed by atoms with van der Waals surface area (Å²) < 4.78 is 0. The van der Waals surface area contributed by atoms with Gasteiger partial charge in [0.05, 0.1) is 6.04 Å². The van der Waals surface area contributed by atoms with E-state index >= 15 is 0 Å². The molecule has 0 radical (unpaired) electrons. The summed E-state index contributed by atoms with van der Waals surface area (Å²) in [7, 11) is 0. The summed E-state index contributed by atoms with van der Waals surface area (Å²) in [5.41, 5.74) is 0. The lowest BCUT2D eigenvalue weighted by molar-refractivity contribution is 0.0916. The Balaban J connectivity index is 2.08. The van der Waals surface area contributed by atoms with Gasteiger partial charge in [0.25, 0.3) is 5.91 Å². The molecule has 2 heterocycles. The zero-order chi connectivity index (χ0) is 14.5. The summed E-state index contributed by atoms with van der Waals surface area (Å²) >= 11 is 1.65. The van der Waals surface area contributed by atoms with Crippen molar-refractivity contribution in [2.45, 2.75) is 39.7 Å². The molecule has 0 saturated carbocycles. The number of H-pyrrole nitrogens is 1. The number of rotatable bonds is 6. The van der Waals surface area contributed by atoms with Gasteiger partial charge in [-0.1, -0.05) is 26.8 Å². The Labute approximate surface area is 122 Å². The number of amides is 1. The highest BCUT2D eigenvalue weighted by molar-refractivity contribution is 7.10. The van der Waals surface area contributed by atoms with Gasteiger partial charge in [0.2, 0.25) is 5.82 Å². The van der Waals surface area contributed by atoms with Crippen molar-refractivity contribution in [1.82, 2.24) is 20.5 Å². The van der Waals surface area contributed by atoms with Crippen molar-refractivity contribution in [3.05, 3.63) is 34.0 Å². The number of aromatic amines is 1. The van der Waals surface area contributed by atoms with Crippen LogP contribution in [0.1, 0.15) is 54.6 Å². The molecular weight excluding hydrogens is 272 g/mol. The Morgan fingerprint density at radius 1 is 1.50 bits per heavy atom. The standard InChI is InChI=1S/C14H20N4OS/c1-4-6-11-15-13(18-17-11)14(19)16-12(9(2)3)10-7-5-8-20-10/h5,7-9,12H,4,6H2,1-3H3,(H,16,19)(H,15,17,18). The monoisotopic (exact) mass is 292 g/mol. The number of carbonyl (C=O) groups is 1. The minimum absolute atomic E-state index is 0.00405. The van der Waals surface area contributed by atoms with Crippen molar-refractivity contribution in [3.8, 4) is 0 Å². The topological polar surface area (TPSA) is 70.7 Å². The van der Waals surface area contributed by atoms with Crippen molar-refractivity contribution in [1.29, 1.82) is 0 Å². The van der Waals surface area contributed by atoms with Gasteiger partial charge in [0, 0.05) is 11.3 Å². The van der Waals surface area contributed by atoms with Gasteiger partial charge in [-0.15, -0.1) is 16.4 Å². The van der Waals surface area contributed by atoms with Crippen LogP contribution in [0.3, 0.4) is 0 Å². The molecule has 5 nitrogen and oxygen atoms in total. The van der Waals surface area contributed by atoms with Gasteiger partial charge in [-0.05, 0) is 23.8 Å². The minimum atomic E-state index is -0.226. The van der Waals surface area contributed by atoms with Crippen molar-refractivity contribution in [2.24, 2.45) is 5.92 Å². The molecule has 2 rings (SSSR count). The number of hydrogen-bond donors (Lipinski definition) is 2. The summed E-state index contributed by atoms with van der Waals surface area (Å²) in [6, 6.07) is 4.03. The summed E-state index contributed by atoms with van der Waals surface area (Å²) in [6.45, 7) is 6.24. The molecule has 0 aliphatic rings. The molecule has 6 heteroatoms. The van der Waals surface area contributed by atoms with E-state index in [9.17, 15) is 4.79 Å². The maximum Gasteiger partial charge on any atom is 0.291 e. The Hall–Kier alpha value is -1.69. The van der Waals surface area contributed by atoms with E-state index in [4.69, 9.17) is 0 Å². The second-order valence-corrected chi connectivity index (χ2v) is 6.05. The third-order valence-electron chi connectivity index (χ3n) is 3.02. The first kappa shape index (κ1) is 14.7. The molecular formula is C14H20N4OS. The summed E-state index contributed by atoms with van der Waals surface area (Å²) in [6.07, 6.45) is 1.78. The lowest BCUT2D eigenvalue weighted by atomic mass is 10.0. The molecule has 0 aromatic carbocycles. The van der Waals surface area contributed by atoms with Crippen LogP contribution in [-0.4, -0.2) is 21.1 Å². The summed E-state index contributed by atoms with van der Waals surface area (Å²) in [5, 5.41) is 11.8. The highest BCUT2D eigenvalue weighted by Gasteiger charge is 2.22. The number of aryl methyl sites for hydroxylation is 1.